The molecule has 2 aliphatic heterocycles. The molecule has 0 spiro atoms. The minimum atomic E-state index is -0.262. The van der Waals surface area contributed by atoms with Crippen LogP contribution in [0.2, 0.25) is 0 Å². The van der Waals surface area contributed by atoms with E-state index in [1.165, 1.54) is 11.1 Å². The highest BCUT2D eigenvalue weighted by Crippen LogP contribution is 2.23. The SMILES string of the molecule is CC(O)C1CCN(C(=O)C2Cc3ccccc3CN2)CC1.Cl. The summed E-state index contributed by atoms with van der Waals surface area (Å²) >= 11 is 0. The highest BCUT2D eigenvalue weighted by molar-refractivity contribution is 5.85. The normalized spacial score (nSPS) is 23.4. The van der Waals surface area contributed by atoms with Gasteiger partial charge in [0.05, 0.1) is 12.1 Å². The minimum Gasteiger partial charge on any atom is -0.393 e. The molecule has 3 rings (SSSR count). The number of benzene rings is 1. The minimum absolute atomic E-state index is 0. The molecule has 0 radical (unpaired) electrons. The van der Waals surface area contributed by atoms with Crippen LogP contribution in [0.3, 0.4) is 0 Å². The van der Waals surface area contributed by atoms with Crippen molar-refractivity contribution in [1.29, 1.82) is 0 Å². The molecule has 0 aliphatic carbocycles. The molecule has 1 fully saturated rings. The number of aliphatic hydroxyl groups is 1. The van der Waals surface area contributed by atoms with Gasteiger partial charge in [-0.05, 0) is 43.2 Å². The van der Waals surface area contributed by atoms with Crippen molar-refractivity contribution < 1.29 is 9.90 Å². The number of rotatable bonds is 2. The number of nitrogens with one attached hydrogen (secondary N) is 1. The highest BCUT2D eigenvalue weighted by Gasteiger charge is 2.31. The Morgan fingerprint density at radius 3 is 2.55 bits per heavy atom. The molecule has 2 unspecified atom stereocenters. The van der Waals surface area contributed by atoms with Gasteiger partial charge >= 0.3 is 0 Å². The van der Waals surface area contributed by atoms with E-state index in [4.69, 9.17) is 0 Å². The maximum atomic E-state index is 12.6. The number of hydrogen-bond donors (Lipinski definition) is 2. The predicted octanol–water partition coefficient (Wildman–Crippen LogP) is 1.74. The smallest absolute Gasteiger partial charge is 0.240 e. The van der Waals surface area contributed by atoms with Gasteiger partial charge in [0.25, 0.3) is 0 Å². The van der Waals surface area contributed by atoms with Gasteiger partial charge in [-0.3, -0.25) is 4.79 Å². The van der Waals surface area contributed by atoms with Crippen LogP contribution in [0.15, 0.2) is 24.3 Å². The van der Waals surface area contributed by atoms with Crippen molar-refractivity contribution in [3.05, 3.63) is 35.4 Å². The molecular weight excluding hydrogens is 300 g/mol. The van der Waals surface area contributed by atoms with Gasteiger partial charge < -0.3 is 15.3 Å². The zero-order valence-corrected chi connectivity index (χ0v) is 13.8. The average Bonchev–Trinajstić information content (AvgIpc) is 2.54. The molecule has 22 heavy (non-hydrogen) atoms. The van der Waals surface area contributed by atoms with Gasteiger partial charge in [0.15, 0.2) is 0 Å². The van der Waals surface area contributed by atoms with Crippen molar-refractivity contribution in [2.24, 2.45) is 5.92 Å². The molecule has 5 heteroatoms. The standard InChI is InChI=1S/C17H24N2O2.ClH/c1-12(20)13-6-8-19(9-7-13)17(21)16-10-14-4-2-3-5-15(14)11-18-16;/h2-5,12-13,16,18,20H,6-11H2,1H3;1H. The van der Waals surface area contributed by atoms with Crippen LogP contribution in [0.25, 0.3) is 0 Å². The van der Waals surface area contributed by atoms with Gasteiger partial charge in [-0.25, -0.2) is 0 Å². The van der Waals surface area contributed by atoms with Crippen LogP contribution >= 0.6 is 12.4 Å². The number of likely N-dealkylation sites (tertiary alicyclic amines) is 1. The van der Waals surface area contributed by atoms with Gasteiger partial charge in [-0.1, -0.05) is 24.3 Å². The van der Waals surface area contributed by atoms with Crippen molar-refractivity contribution >= 4 is 18.3 Å². The second-order valence-corrected chi connectivity index (χ2v) is 6.31. The molecule has 2 aliphatic rings. The Bertz CT molecular complexity index is 513. The van der Waals surface area contributed by atoms with E-state index < -0.39 is 0 Å². The Balaban J connectivity index is 0.00000176. The third-order valence-corrected chi connectivity index (χ3v) is 4.91. The number of halogens is 1. The molecule has 1 aromatic carbocycles. The third-order valence-electron chi connectivity index (χ3n) is 4.91. The fraction of sp³-hybridized carbons (Fsp3) is 0.588. The summed E-state index contributed by atoms with van der Waals surface area (Å²) in [6.07, 6.45) is 2.34. The van der Waals surface area contributed by atoms with E-state index in [2.05, 4.69) is 17.4 Å². The van der Waals surface area contributed by atoms with Gasteiger partial charge in [-0.15, -0.1) is 12.4 Å². The van der Waals surface area contributed by atoms with Crippen molar-refractivity contribution in [1.82, 2.24) is 10.2 Å². The average molecular weight is 325 g/mol. The summed E-state index contributed by atoms with van der Waals surface area (Å²) in [5.74, 6) is 0.558. The first-order valence-electron chi connectivity index (χ1n) is 7.92. The topological polar surface area (TPSA) is 52.6 Å². The first-order valence-corrected chi connectivity index (χ1v) is 7.92. The Morgan fingerprint density at radius 1 is 1.27 bits per heavy atom. The third kappa shape index (κ3) is 3.62. The lowest BCUT2D eigenvalue weighted by Crippen LogP contribution is -2.52. The van der Waals surface area contributed by atoms with Crippen molar-refractivity contribution in [2.75, 3.05) is 13.1 Å². The first-order chi connectivity index (χ1) is 10.1. The van der Waals surface area contributed by atoms with Crippen LogP contribution in [0, 0.1) is 5.92 Å². The zero-order chi connectivity index (χ0) is 14.8. The Hall–Kier alpha value is -1.10. The molecule has 0 bridgehead atoms. The lowest BCUT2D eigenvalue weighted by Gasteiger charge is -2.36. The number of aliphatic hydroxyl groups excluding tert-OH is 1. The van der Waals surface area contributed by atoms with Crippen molar-refractivity contribution in [2.45, 2.75) is 44.9 Å². The van der Waals surface area contributed by atoms with Crippen LogP contribution in [0.5, 0.6) is 0 Å². The lowest BCUT2D eigenvalue weighted by molar-refractivity contribution is -0.135. The fourth-order valence-electron chi connectivity index (χ4n) is 3.45. The molecule has 1 amide bonds. The van der Waals surface area contributed by atoms with Crippen LogP contribution in [0.1, 0.15) is 30.9 Å². The number of amides is 1. The summed E-state index contributed by atoms with van der Waals surface area (Å²) < 4.78 is 0. The molecule has 2 N–H and O–H groups in total. The summed E-state index contributed by atoms with van der Waals surface area (Å²) in [6.45, 7) is 4.17. The fourth-order valence-corrected chi connectivity index (χ4v) is 3.45. The molecule has 0 aromatic heterocycles. The quantitative estimate of drug-likeness (QED) is 0.871. The van der Waals surface area contributed by atoms with E-state index in [-0.39, 0.29) is 30.5 Å². The van der Waals surface area contributed by atoms with Gasteiger partial charge in [0, 0.05) is 19.6 Å². The second-order valence-electron chi connectivity index (χ2n) is 6.31. The van der Waals surface area contributed by atoms with Gasteiger partial charge in [0.2, 0.25) is 5.91 Å². The maximum Gasteiger partial charge on any atom is 0.240 e. The van der Waals surface area contributed by atoms with Crippen LogP contribution in [0.4, 0.5) is 0 Å². The van der Waals surface area contributed by atoms with Crippen molar-refractivity contribution in [3.63, 3.8) is 0 Å². The molecule has 2 heterocycles. The second kappa shape index (κ2) is 7.44. The zero-order valence-electron chi connectivity index (χ0n) is 13.0. The van der Waals surface area contributed by atoms with E-state index in [0.717, 1.165) is 38.9 Å². The molecule has 0 saturated carbocycles. The molecule has 1 aromatic rings. The summed E-state index contributed by atoms with van der Waals surface area (Å²) in [6, 6.07) is 8.24. The number of nitrogens with zero attached hydrogens (tertiary/aromatic N) is 1. The monoisotopic (exact) mass is 324 g/mol. The van der Waals surface area contributed by atoms with Crippen LogP contribution < -0.4 is 5.32 Å². The number of fused-ring (bicyclic) bond motifs is 1. The van der Waals surface area contributed by atoms with E-state index in [0.29, 0.717) is 5.92 Å². The summed E-state index contributed by atoms with van der Waals surface area (Å²) in [5, 5.41) is 13.0. The first kappa shape index (κ1) is 17.3. The van der Waals surface area contributed by atoms with E-state index in [9.17, 15) is 9.90 Å². The summed E-state index contributed by atoms with van der Waals surface area (Å²) in [4.78, 5) is 14.6. The van der Waals surface area contributed by atoms with E-state index in [1.807, 2.05) is 24.0 Å². The molecule has 4 nitrogen and oxygen atoms in total. The molecule has 122 valence electrons. The number of carbonyl (C=O) groups is 1. The molecule has 2 atom stereocenters. The predicted molar refractivity (Wildman–Crippen MR) is 89.0 cm³/mol. The Kier molecular flexibility index (Phi) is 5.84. The van der Waals surface area contributed by atoms with E-state index in [1.54, 1.807) is 0 Å². The summed E-state index contributed by atoms with van der Waals surface area (Å²) in [5.41, 5.74) is 2.59. The number of hydrogen-bond acceptors (Lipinski definition) is 3. The Morgan fingerprint density at radius 2 is 1.91 bits per heavy atom. The largest absolute Gasteiger partial charge is 0.393 e. The van der Waals surface area contributed by atoms with Gasteiger partial charge in [0.1, 0.15) is 0 Å². The highest BCUT2D eigenvalue weighted by atomic mass is 35.5. The van der Waals surface area contributed by atoms with Gasteiger partial charge in [-0.2, -0.15) is 0 Å². The molecule has 1 saturated heterocycles. The van der Waals surface area contributed by atoms with Crippen molar-refractivity contribution in [3.8, 4) is 0 Å². The van der Waals surface area contributed by atoms with E-state index >= 15 is 0 Å². The van der Waals surface area contributed by atoms with Crippen LogP contribution in [-0.2, 0) is 17.8 Å². The maximum absolute atomic E-state index is 12.6. The summed E-state index contributed by atoms with van der Waals surface area (Å²) in [7, 11) is 0. The number of carbonyl (C=O) groups excluding carboxylic acids is 1. The number of piperidine rings is 1. The lowest BCUT2D eigenvalue weighted by atomic mass is 9.90. The Labute approximate surface area is 138 Å². The van der Waals surface area contributed by atoms with Crippen LogP contribution in [-0.4, -0.2) is 41.1 Å². The molecular formula is C17H25ClN2O2.